The van der Waals surface area contributed by atoms with Crippen LogP contribution in [0, 0.1) is 5.41 Å². The van der Waals surface area contributed by atoms with Gasteiger partial charge in [0, 0.05) is 25.3 Å². The standard InChI is InChI=1S/C15H33NO/c1-7-9-15(6,10-12-17-11-8-2)13-16-14(3,4)5/h16H,7-13H2,1-6H3. The lowest BCUT2D eigenvalue weighted by atomic mass is 9.82. The maximum Gasteiger partial charge on any atom is 0.0471 e. The number of ether oxygens (including phenoxy) is 1. The molecule has 0 saturated carbocycles. The molecule has 0 heterocycles. The second kappa shape index (κ2) is 8.10. The van der Waals surface area contributed by atoms with E-state index in [4.69, 9.17) is 4.74 Å². The van der Waals surface area contributed by atoms with Crippen LogP contribution < -0.4 is 5.32 Å². The normalized spacial score (nSPS) is 15.9. The number of hydrogen-bond acceptors (Lipinski definition) is 2. The van der Waals surface area contributed by atoms with Crippen molar-refractivity contribution in [1.82, 2.24) is 5.32 Å². The summed E-state index contributed by atoms with van der Waals surface area (Å²) >= 11 is 0. The Balaban J connectivity index is 4.06. The third-order valence-corrected chi connectivity index (χ3v) is 3.10. The van der Waals surface area contributed by atoms with Gasteiger partial charge in [-0.1, -0.05) is 27.2 Å². The molecule has 1 unspecified atom stereocenters. The maximum atomic E-state index is 5.63. The molecule has 0 amide bonds. The van der Waals surface area contributed by atoms with E-state index in [1.165, 1.54) is 12.8 Å². The van der Waals surface area contributed by atoms with Crippen LogP contribution in [0.2, 0.25) is 0 Å². The highest BCUT2D eigenvalue weighted by Crippen LogP contribution is 2.27. The summed E-state index contributed by atoms with van der Waals surface area (Å²) in [5.41, 5.74) is 0.578. The zero-order chi connectivity index (χ0) is 13.4. The summed E-state index contributed by atoms with van der Waals surface area (Å²) in [5.74, 6) is 0. The summed E-state index contributed by atoms with van der Waals surface area (Å²) in [5, 5.41) is 3.63. The van der Waals surface area contributed by atoms with Crippen molar-refractivity contribution in [2.75, 3.05) is 19.8 Å². The zero-order valence-electron chi connectivity index (χ0n) is 12.9. The predicted octanol–water partition coefficient (Wildman–Crippen LogP) is 4.00. The van der Waals surface area contributed by atoms with Gasteiger partial charge in [-0.25, -0.2) is 0 Å². The highest BCUT2D eigenvalue weighted by Gasteiger charge is 2.24. The van der Waals surface area contributed by atoms with Crippen LogP contribution in [-0.4, -0.2) is 25.3 Å². The third kappa shape index (κ3) is 9.61. The van der Waals surface area contributed by atoms with Gasteiger partial charge in [0.05, 0.1) is 0 Å². The fourth-order valence-corrected chi connectivity index (χ4v) is 1.95. The lowest BCUT2D eigenvalue weighted by Gasteiger charge is -2.33. The van der Waals surface area contributed by atoms with Gasteiger partial charge >= 0.3 is 0 Å². The minimum Gasteiger partial charge on any atom is -0.381 e. The molecule has 0 radical (unpaired) electrons. The van der Waals surface area contributed by atoms with Gasteiger partial charge in [0.1, 0.15) is 0 Å². The summed E-state index contributed by atoms with van der Waals surface area (Å²) in [4.78, 5) is 0. The van der Waals surface area contributed by atoms with Crippen LogP contribution in [0.25, 0.3) is 0 Å². The first-order valence-corrected chi connectivity index (χ1v) is 7.16. The van der Waals surface area contributed by atoms with Crippen LogP contribution in [0.15, 0.2) is 0 Å². The van der Waals surface area contributed by atoms with Gasteiger partial charge in [0.25, 0.3) is 0 Å². The van der Waals surface area contributed by atoms with Crippen LogP contribution in [-0.2, 0) is 4.74 Å². The topological polar surface area (TPSA) is 21.3 Å². The number of rotatable bonds is 9. The highest BCUT2D eigenvalue weighted by molar-refractivity contribution is 4.81. The van der Waals surface area contributed by atoms with Crippen LogP contribution in [0.5, 0.6) is 0 Å². The first-order chi connectivity index (χ1) is 7.83. The summed E-state index contributed by atoms with van der Waals surface area (Å²) in [6, 6.07) is 0. The Bertz CT molecular complexity index is 186. The van der Waals surface area contributed by atoms with E-state index in [-0.39, 0.29) is 5.54 Å². The summed E-state index contributed by atoms with van der Waals surface area (Å²) in [7, 11) is 0. The van der Waals surface area contributed by atoms with E-state index in [9.17, 15) is 0 Å². The lowest BCUT2D eigenvalue weighted by molar-refractivity contribution is 0.0920. The van der Waals surface area contributed by atoms with Gasteiger partial charge in [-0.2, -0.15) is 0 Å². The van der Waals surface area contributed by atoms with E-state index in [1.54, 1.807) is 0 Å². The van der Waals surface area contributed by atoms with Crippen LogP contribution >= 0.6 is 0 Å². The van der Waals surface area contributed by atoms with Crippen LogP contribution in [0.1, 0.15) is 67.2 Å². The van der Waals surface area contributed by atoms with Gasteiger partial charge in [0.2, 0.25) is 0 Å². The largest absolute Gasteiger partial charge is 0.381 e. The average Bonchev–Trinajstić information content (AvgIpc) is 2.22. The van der Waals surface area contributed by atoms with Gasteiger partial charge in [-0.15, -0.1) is 0 Å². The van der Waals surface area contributed by atoms with Gasteiger partial charge in [0.15, 0.2) is 0 Å². The summed E-state index contributed by atoms with van der Waals surface area (Å²) in [6.07, 6.45) is 4.79. The molecular weight excluding hydrogens is 210 g/mol. The fraction of sp³-hybridized carbons (Fsp3) is 1.00. The minimum atomic E-state index is 0.208. The Morgan fingerprint density at radius 2 is 1.53 bits per heavy atom. The van der Waals surface area contributed by atoms with Crippen molar-refractivity contribution < 1.29 is 4.74 Å². The van der Waals surface area contributed by atoms with Crippen molar-refractivity contribution in [2.45, 2.75) is 72.8 Å². The monoisotopic (exact) mass is 243 g/mol. The molecule has 104 valence electrons. The molecule has 0 aromatic carbocycles. The van der Waals surface area contributed by atoms with E-state index in [0.717, 1.165) is 32.6 Å². The van der Waals surface area contributed by atoms with E-state index in [1.807, 2.05) is 0 Å². The van der Waals surface area contributed by atoms with E-state index in [0.29, 0.717) is 5.41 Å². The average molecular weight is 243 g/mol. The first-order valence-electron chi connectivity index (χ1n) is 7.16. The van der Waals surface area contributed by atoms with Gasteiger partial charge < -0.3 is 10.1 Å². The molecule has 17 heavy (non-hydrogen) atoms. The molecule has 0 fully saturated rings. The molecule has 0 bridgehead atoms. The molecule has 0 aliphatic carbocycles. The Hall–Kier alpha value is -0.0800. The second-order valence-electron chi connectivity index (χ2n) is 6.53. The van der Waals surface area contributed by atoms with Crippen molar-refractivity contribution in [2.24, 2.45) is 5.41 Å². The van der Waals surface area contributed by atoms with E-state index in [2.05, 4.69) is 46.9 Å². The maximum absolute atomic E-state index is 5.63. The van der Waals surface area contributed by atoms with E-state index >= 15 is 0 Å². The predicted molar refractivity (Wildman–Crippen MR) is 76.5 cm³/mol. The molecule has 2 nitrogen and oxygen atoms in total. The van der Waals surface area contributed by atoms with Gasteiger partial charge in [-0.05, 0) is 45.4 Å². The summed E-state index contributed by atoms with van der Waals surface area (Å²) in [6.45, 7) is 16.4. The SMILES string of the molecule is CCCOCCC(C)(CCC)CNC(C)(C)C. The van der Waals surface area contributed by atoms with Crippen LogP contribution in [0.3, 0.4) is 0 Å². The molecule has 0 saturated heterocycles. The Morgan fingerprint density at radius 1 is 0.882 bits per heavy atom. The molecule has 0 aromatic heterocycles. The quantitative estimate of drug-likeness (QED) is 0.618. The number of nitrogens with one attached hydrogen (secondary N) is 1. The van der Waals surface area contributed by atoms with E-state index < -0.39 is 0 Å². The van der Waals surface area contributed by atoms with Crippen molar-refractivity contribution in [3.8, 4) is 0 Å². The molecule has 1 atom stereocenters. The molecule has 0 spiro atoms. The zero-order valence-corrected chi connectivity index (χ0v) is 12.9. The van der Waals surface area contributed by atoms with Crippen molar-refractivity contribution in [3.05, 3.63) is 0 Å². The van der Waals surface area contributed by atoms with Crippen molar-refractivity contribution in [1.29, 1.82) is 0 Å². The smallest absolute Gasteiger partial charge is 0.0471 e. The first kappa shape index (κ1) is 16.9. The summed E-state index contributed by atoms with van der Waals surface area (Å²) < 4.78 is 5.63. The Morgan fingerprint density at radius 3 is 2.00 bits per heavy atom. The van der Waals surface area contributed by atoms with Crippen molar-refractivity contribution >= 4 is 0 Å². The van der Waals surface area contributed by atoms with Crippen LogP contribution in [0.4, 0.5) is 0 Å². The molecule has 0 aliphatic heterocycles. The Labute approximate surface area is 109 Å². The molecule has 2 heteroatoms. The second-order valence-corrected chi connectivity index (χ2v) is 6.53. The molecule has 1 N–H and O–H groups in total. The molecule has 0 aliphatic rings. The highest BCUT2D eigenvalue weighted by atomic mass is 16.5. The third-order valence-electron chi connectivity index (χ3n) is 3.10. The van der Waals surface area contributed by atoms with Gasteiger partial charge in [-0.3, -0.25) is 0 Å². The number of hydrogen-bond donors (Lipinski definition) is 1. The lowest BCUT2D eigenvalue weighted by Crippen LogP contribution is -2.43. The fourth-order valence-electron chi connectivity index (χ4n) is 1.95. The molecule has 0 aromatic rings. The minimum absolute atomic E-state index is 0.208. The van der Waals surface area contributed by atoms with Crippen molar-refractivity contribution in [3.63, 3.8) is 0 Å². The molecule has 0 rings (SSSR count). The Kier molecular flexibility index (Phi) is 8.06. The molecular formula is C15H33NO.